The first-order valence-electron chi connectivity index (χ1n) is 8.97. The second-order valence-corrected chi connectivity index (χ2v) is 8.16. The summed E-state index contributed by atoms with van der Waals surface area (Å²) in [5.74, 6) is 0.589. The minimum absolute atomic E-state index is 0.0110. The minimum atomic E-state index is -3.82. The van der Waals surface area contributed by atoms with Gasteiger partial charge in [-0.2, -0.15) is 0 Å². The highest BCUT2D eigenvalue weighted by Crippen LogP contribution is 2.23. The third-order valence-corrected chi connectivity index (χ3v) is 5.22. The van der Waals surface area contributed by atoms with E-state index in [0.29, 0.717) is 18.1 Å². The Morgan fingerprint density at radius 2 is 1.89 bits per heavy atom. The number of rotatable bonds is 9. The molecular weight excluding hydrogens is 380 g/mol. The number of carbonyl (C=O) groups is 1. The first kappa shape index (κ1) is 21.7. The Morgan fingerprint density at radius 3 is 2.54 bits per heavy atom. The van der Waals surface area contributed by atoms with Crippen molar-refractivity contribution in [2.75, 3.05) is 13.7 Å². The zero-order valence-corrected chi connectivity index (χ0v) is 17.3. The number of amides is 1. The van der Waals surface area contributed by atoms with Gasteiger partial charge in [-0.25, -0.2) is 13.1 Å². The predicted molar refractivity (Wildman–Crippen MR) is 107 cm³/mol. The highest BCUT2D eigenvalue weighted by molar-refractivity contribution is 7.89. The van der Waals surface area contributed by atoms with Gasteiger partial charge in [0.2, 0.25) is 10.0 Å². The lowest BCUT2D eigenvalue weighted by atomic mass is 10.2. The van der Waals surface area contributed by atoms with Crippen molar-refractivity contribution in [3.63, 3.8) is 0 Å². The van der Waals surface area contributed by atoms with Gasteiger partial charge in [-0.15, -0.1) is 0 Å². The quantitative estimate of drug-likeness (QED) is 0.668. The van der Waals surface area contributed by atoms with E-state index in [4.69, 9.17) is 9.47 Å². The van der Waals surface area contributed by atoms with E-state index in [9.17, 15) is 13.2 Å². The molecule has 28 heavy (non-hydrogen) atoms. The van der Waals surface area contributed by atoms with Crippen molar-refractivity contribution in [3.8, 4) is 11.5 Å². The van der Waals surface area contributed by atoms with Gasteiger partial charge >= 0.3 is 0 Å². The van der Waals surface area contributed by atoms with Gasteiger partial charge in [-0.3, -0.25) is 4.79 Å². The first-order valence-corrected chi connectivity index (χ1v) is 10.5. The Morgan fingerprint density at radius 1 is 1.14 bits per heavy atom. The molecule has 0 unspecified atom stereocenters. The maximum atomic E-state index is 12.7. The van der Waals surface area contributed by atoms with Crippen LogP contribution in [-0.2, 0) is 16.6 Å². The van der Waals surface area contributed by atoms with Crippen LogP contribution >= 0.6 is 0 Å². The summed E-state index contributed by atoms with van der Waals surface area (Å²) in [6.07, 6.45) is 0. The number of hydrogen-bond acceptors (Lipinski definition) is 5. The summed E-state index contributed by atoms with van der Waals surface area (Å²) >= 11 is 0. The molecule has 0 fully saturated rings. The normalized spacial score (nSPS) is 11.3. The van der Waals surface area contributed by atoms with Gasteiger partial charge in [0.05, 0.1) is 24.2 Å². The topological polar surface area (TPSA) is 93.7 Å². The van der Waals surface area contributed by atoms with Crippen LogP contribution in [-0.4, -0.2) is 34.1 Å². The summed E-state index contributed by atoms with van der Waals surface area (Å²) in [5, 5.41) is 2.74. The number of ether oxygens (including phenoxy) is 2. The lowest BCUT2D eigenvalue weighted by molar-refractivity contribution is 0.0940. The third-order valence-electron chi connectivity index (χ3n) is 3.82. The van der Waals surface area contributed by atoms with Gasteiger partial charge in [0.25, 0.3) is 5.91 Å². The van der Waals surface area contributed by atoms with Crippen molar-refractivity contribution < 1.29 is 22.7 Å². The molecule has 1 amide bonds. The van der Waals surface area contributed by atoms with Crippen LogP contribution < -0.4 is 19.5 Å². The van der Waals surface area contributed by atoms with Gasteiger partial charge in [-0.1, -0.05) is 12.1 Å². The van der Waals surface area contributed by atoms with Gasteiger partial charge in [0.15, 0.2) is 0 Å². The molecule has 2 rings (SSSR count). The molecule has 0 heterocycles. The van der Waals surface area contributed by atoms with Crippen molar-refractivity contribution in [1.82, 2.24) is 10.0 Å². The molecule has 0 bridgehead atoms. The Kier molecular flexibility index (Phi) is 7.42. The predicted octanol–water partition coefficient (Wildman–Crippen LogP) is 2.71. The van der Waals surface area contributed by atoms with E-state index in [0.717, 1.165) is 5.56 Å². The molecule has 0 saturated carbocycles. The second kappa shape index (κ2) is 9.57. The highest BCUT2D eigenvalue weighted by Gasteiger charge is 2.20. The van der Waals surface area contributed by atoms with Crippen LogP contribution in [0.4, 0.5) is 0 Å². The summed E-state index contributed by atoms with van der Waals surface area (Å²) < 4.78 is 38.6. The average Bonchev–Trinajstić information content (AvgIpc) is 2.66. The van der Waals surface area contributed by atoms with Crippen LogP contribution in [0, 0.1) is 0 Å². The fourth-order valence-electron chi connectivity index (χ4n) is 2.55. The molecular formula is C20H26N2O5S. The minimum Gasteiger partial charge on any atom is -0.496 e. The van der Waals surface area contributed by atoms with Gasteiger partial charge in [-0.05, 0) is 56.7 Å². The van der Waals surface area contributed by atoms with Crippen LogP contribution in [0.2, 0.25) is 0 Å². The van der Waals surface area contributed by atoms with Crippen LogP contribution in [0.5, 0.6) is 11.5 Å². The maximum absolute atomic E-state index is 12.7. The van der Waals surface area contributed by atoms with E-state index in [2.05, 4.69) is 10.0 Å². The summed E-state index contributed by atoms with van der Waals surface area (Å²) in [6.45, 7) is 6.16. The average molecular weight is 407 g/mol. The van der Waals surface area contributed by atoms with Crippen LogP contribution in [0.15, 0.2) is 47.4 Å². The maximum Gasteiger partial charge on any atom is 0.255 e. The third kappa shape index (κ3) is 5.71. The van der Waals surface area contributed by atoms with Crippen LogP contribution in [0.3, 0.4) is 0 Å². The molecule has 7 nitrogen and oxygen atoms in total. The molecule has 152 valence electrons. The van der Waals surface area contributed by atoms with Crippen LogP contribution in [0.1, 0.15) is 36.7 Å². The summed E-state index contributed by atoms with van der Waals surface area (Å²) in [7, 11) is -2.39. The largest absolute Gasteiger partial charge is 0.496 e. The molecule has 0 aliphatic heterocycles. The Balaban J connectivity index is 2.23. The fourth-order valence-corrected chi connectivity index (χ4v) is 3.59. The molecule has 0 atom stereocenters. The van der Waals surface area contributed by atoms with E-state index in [1.54, 1.807) is 18.2 Å². The lowest BCUT2D eigenvalue weighted by Gasteiger charge is -2.14. The van der Waals surface area contributed by atoms with E-state index >= 15 is 0 Å². The Labute approximate surface area is 166 Å². The number of carbonyl (C=O) groups excluding carboxylic acids is 1. The first-order chi connectivity index (χ1) is 13.3. The molecule has 0 aliphatic rings. The number of nitrogens with one attached hydrogen (secondary N) is 2. The molecule has 0 aromatic heterocycles. The monoisotopic (exact) mass is 406 g/mol. The van der Waals surface area contributed by atoms with Crippen LogP contribution in [0.25, 0.3) is 0 Å². The van der Waals surface area contributed by atoms with Crippen molar-refractivity contribution in [2.24, 2.45) is 0 Å². The number of benzene rings is 2. The smallest absolute Gasteiger partial charge is 0.255 e. The second-order valence-electron chi connectivity index (χ2n) is 6.40. The van der Waals surface area contributed by atoms with Crippen molar-refractivity contribution in [2.45, 2.75) is 38.3 Å². The number of methoxy groups -OCH3 is 1. The van der Waals surface area contributed by atoms with E-state index in [-0.39, 0.29) is 23.0 Å². The molecule has 2 aromatic rings. The molecule has 0 radical (unpaired) electrons. The zero-order chi connectivity index (χ0) is 20.7. The van der Waals surface area contributed by atoms with E-state index < -0.39 is 15.9 Å². The Bertz CT molecular complexity index is 926. The molecule has 8 heteroatoms. The fraction of sp³-hybridized carbons (Fsp3) is 0.350. The molecule has 2 aromatic carbocycles. The number of sulfonamides is 1. The van der Waals surface area contributed by atoms with Gasteiger partial charge < -0.3 is 14.8 Å². The zero-order valence-electron chi connectivity index (χ0n) is 16.5. The van der Waals surface area contributed by atoms with Crippen molar-refractivity contribution >= 4 is 15.9 Å². The summed E-state index contributed by atoms with van der Waals surface area (Å²) in [5.41, 5.74) is 0.929. The molecule has 0 aliphatic carbocycles. The molecule has 0 spiro atoms. The van der Waals surface area contributed by atoms with E-state index in [1.165, 1.54) is 25.3 Å². The standard InChI is InChI=1S/C20H26N2O5S/c1-5-27-16-8-6-7-15(11-16)13-21-28(24,25)17-9-10-19(26-4)18(12-17)20(23)22-14(2)3/h6-12,14,21H,5,13H2,1-4H3,(H,22,23). The molecule has 2 N–H and O–H groups in total. The SMILES string of the molecule is CCOc1cccc(CNS(=O)(=O)c2ccc(OC)c(C(=O)NC(C)C)c2)c1. The van der Waals surface area contributed by atoms with Crippen molar-refractivity contribution in [1.29, 1.82) is 0 Å². The molecule has 0 saturated heterocycles. The van der Waals surface area contributed by atoms with Gasteiger partial charge in [0, 0.05) is 12.6 Å². The lowest BCUT2D eigenvalue weighted by Crippen LogP contribution is -2.31. The summed E-state index contributed by atoms with van der Waals surface area (Å²) in [4.78, 5) is 12.4. The van der Waals surface area contributed by atoms with E-state index in [1.807, 2.05) is 26.8 Å². The highest BCUT2D eigenvalue weighted by atomic mass is 32.2. The summed E-state index contributed by atoms with van der Waals surface area (Å²) in [6, 6.07) is 11.3. The Hall–Kier alpha value is -2.58. The number of hydrogen-bond donors (Lipinski definition) is 2. The van der Waals surface area contributed by atoms with Crippen molar-refractivity contribution in [3.05, 3.63) is 53.6 Å². The van der Waals surface area contributed by atoms with Gasteiger partial charge in [0.1, 0.15) is 11.5 Å².